The number of hydrogen-bond acceptors (Lipinski definition) is 6. The van der Waals surface area contributed by atoms with Gasteiger partial charge in [-0.1, -0.05) is 13.8 Å². The molecule has 0 aliphatic rings. The van der Waals surface area contributed by atoms with Crippen molar-refractivity contribution in [2.75, 3.05) is 0 Å². The Kier molecular flexibility index (Phi) is 7.42. The number of hydrogen-bond donors (Lipinski definition) is 1. The Bertz CT molecular complexity index is 504. The summed E-state index contributed by atoms with van der Waals surface area (Å²) in [5.74, 6) is -0.992. The van der Waals surface area contributed by atoms with Crippen LogP contribution in [0.5, 0.6) is 0 Å². The molecule has 8 heteroatoms. The van der Waals surface area contributed by atoms with Crippen molar-refractivity contribution in [1.82, 2.24) is 5.32 Å². The standard InChI is InChI=1S/C17H32N2O6/c1-11(2)10-12(18-14(21)25-16(6,7)8)17(9,19(22)23)13(20)24-15(3,4)5/h11-12H,10H2,1-9H3,(H,18,21)/t12-,17-/m1/s1. The highest BCUT2D eigenvalue weighted by molar-refractivity contribution is 5.81. The average Bonchev–Trinajstić information content (AvgIpc) is 2.31. The summed E-state index contributed by atoms with van der Waals surface area (Å²) in [6.45, 7) is 14.8. The summed E-state index contributed by atoms with van der Waals surface area (Å²) in [4.78, 5) is 35.7. The van der Waals surface area contributed by atoms with E-state index in [9.17, 15) is 19.7 Å². The van der Waals surface area contributed by atoms with Crippen molar-refractivity contribution < 1.29 is 24.0 Å². The Morgan fingerprint density at radius 3 is 1.76 bits per heavy atom. The number of alkyl carbamates (subject to hydrolysis) is 1. The van der Waals surface area contributed by atoms with E-state index in [2.05, 4.69) is 5.32 Å². The lowest BCUT2D eigenvalue weighted by molar-refractivity contribution is -0.556. The first-order valence-corrected chi connectivity index (χ1v) is 8.36. The second-order valence-corrected chi connectivity index (χ2v) is 8.73. The molecule has 0 aromatic rings. The summed E-state index contributed by atoms with van der Waals surface area (Å²) < 4.78 is 10.4. The largest absolute Gasteiger partial charge is 0.455 e. The fourth-order valence-corrected chi connectivity index (χ4v) is 2.08. The SMILES string of the molecule is CC(C)C[C@@H](NC(=O)OC(C)(C)C)[C@](C)(C(=O)OC(C)(C)C)[N+](=O)[O-]. The summed E-state index contributed by atoms with van der Waals surface area (Å²) in [5, 5.41) is 14.2. The first-order chi connectivity index (χ1) is 11.0. The third-order valence-electron chi connectivity index (χ3n) is 3.27. The molecule has 0 heterocycles. The maximum absolute atomic E-state index is 12.6. The third-order valence-corrected chi connectivity index (χ3v) is 3.27. The van der Waals surface area contributed by atoms with Crippen molar-refractivity contribution in [2.45, 2.75) is 91.5 Å². The summed E-state index contributed by atoms with van der Waals surface area (Å²) in [5.41, 5.74) is -3.78. The van der Waals surface area contributed by atoms with E-state index in [4.69, 9.17) is 9.47 Å². The molecule has 0 unspecified atom stereocenters. The molecule has 0 bridgehead atoms. The predicted molar refractivity (Wildman–Crippen MR) is 93.9 cm³/mol. The first kappa shape index (κ1) is 23.1. The number of esters is 1. The van der Waals surface area contributed by atoms with Crippen LogP contribution in [0.1, 0.15) is 68.7 Å². The average molecular weight is 360 g/mol. The van der Waals surface area contributed by atoms with Gasteiger partial charge in [-0.3, -0.25) is 10.1 Å². The Morgan fingerprint density at radius 2 is 1.44 bits per heavy atom. The highest BCUT2D eigenvalue weighted by atomic mass is 16.6. The number of carbonyl (C=O) groups excluding carboxylic acids is 2. The van der Waals surface area contributed by atoms with Crippen molar-refractivity contribution in [2.24, 2.45) is 5.92 Å². The Hall–Kier alpha value is -1.86. The molecule has 0 rings (SSSR count). The van der Waals surface area contributed by atoms with Gasteiger partial charge in [-0.2, -0.15) is 0 Å². The van der Waals surface area contributed by atoms with Gasteiger partial charge in [0.05, 0.1) is 0 Å². The summed E-state index contributed by atoms with van der Waals surface area (Å²) >= 11 is 0. The summed E-state index contributed by atoms with van der Waals surface area (Å²) in [7, 11) is 0. The minimum absolute atomic E-state index is 0.00153. The topological polar surface area (TPSA) is 108 Å². The maximum Gasteiger partial charge on any atom is 0.408 e. The van der Waals surface area contributed by atoms with E-state index in [1.165, 1.54) is 6.92 Å². The molecule has 1 N–H and O–H groups in total. The molecule has 0 spiro atoms. The molecule has 25 heavy (non-hydrogen) atoms. The number of ether oxygens (including phenoxy) is 2. The molecule has 146 valence electrons. The highest BCUT2D eigenvalue weighted by Gasteiger charge is 2.56. The van der Waals surface area contributed by atoms with Gasteiger partial charge in [-0.25, -0.2) is 9.59 Å². The Balaban J connectivity index is 5.70. The van der Waals surface area contributed by atoms with Crippen LogP contribution in [-0.2, 0) is 14.3 Å². The molecule has 0 aromatic heterocycles. The van der Waals surface area contributed by atoms with Crippen LogP contribution in [0, 0.1) is 16.0 Å². The zero-order valence-corrected chi connectivity index (χ0v) is 16.8. The van der Waals surface area contributed by atoms with Crippen molar-refractivity contribution in [1.29, 1.82) is 0 Å². The normalized spacial score (nSPS) is 15.9. The van der Waals surface area contributed by atoms with Crippen LogP contribution in [0.4, 0.5) is 4.79 Å². The number of carbonyl (C=O) groups is 2. The summed E-state index contributed by atoms with van der Waals surface area (Å²) in [6.07, 6.45) is -0.592. The zero-order valence-electron chi connectivity index (χ0n) is 16.8. The Labute approximate surface area is 149 Å². The molecule has 8 nitrogen and oxygen atoms in total. The molecule has 0 saturated heterocycles. The van der Waals surface area contributed by atoms with Gasteiger partial charge in [-0.15, -0.1) is 0 Å². The minimum Gasteiger partial charge on any atom is -0.455 e. The van der Waals surface area contributed by atoms with Crippen LogP contribution in [0.25, 0.3) is 0 Å². The van der Waals surface area contributed by atoms with Gasteiger partial charge in [0, 0.05) is 11.8 Å². The number of nitrogens with zero attached hydrogens (tertiary/aromatic N) is 1. The Morgan fingerprint density at radius 1 is 1.00 bits per heavy atom. The van der Waals surface area contributed by atoms with Crippen molar-refractivity contribution in [3.8, 4) is 0 Å². The van der Waals surface area contributed by atoms with E-state index < -0.39 is 39.8 Å². The molecule has 0 aromatic carbocycles. The number of nitro groups is 1. The van der Waals surface area contributed by atoms with E-state index in [0.29, 0.717) is 0 Å². The van der Waals surface area contributed by atoms with Crippen molar-refractivity contribution in [3.05, 3.63) is 10.1 Å². The van der Waals surface area contributed by atoms with E-state index >= 15 is 0 Å². The van der Waals surface area contributed by atoms with Gasteiger partial charge in [-0.05, 0) is 53.9 Å². The first-order valence-electron chi connectivity index (χ1n) is 8.36. The number of amides is 1. The zero-order chi connectivity index (χ0) is 20.2. The van der Waals surface area contributed by atoms with Crippen LogP contribution in [0.15, 0.2) is 0 Å². The number of nitrogens with one attached hydrogen (secondary N) is 1. The van der Waals surface area contributed by atoms with Crippen molar-refractivity contribution >= 4 is 12.1 Å². The van der Waals surface area contributed by atoms with Crippen LogP contribution in [-0.4, -0.2) is 39.8 Å². The molecule has 0 saturated carbocycles. The van der Waals surface area contributed by atoms with Gasteiger partial charge in [0.25, 0.3) is 0 Å². The lowest BCUT2D eigenvalue weighted by Crippen LogP contribution is -2.62. The van der Waals surface area contributed by atoms with E-state index in [1.54, 1.807) is 41.5 Å². The third kappa shape index (κ3) is 7.70. The molecule has 1 amide bonds. The monoisotopic (exact) mass is 360 g/mol. The van der Waals surface area contributed by atoms with Gasteiger partial charge in [0.2, 0.25) is 0 Å². The van der Waals surface area contributed by atoms with Gasteiger partial charge in [0.1, 0.15) is 17.2 Å². The van der Waals surface area contributed by atoms with Crippen molar-refractivity contribution in [3.63, 3.8) is 0 Å². The quantitative estimate of drug-likeness (QED) is 0.442. The summed E-state index contributed by atoms with van der Waals surface area (Å²) in [6, 6.07) is -1.08. The van der Waals surface area contributed by atoms with Gasteiger partial charge < -0.3 is 14.8 Å². The van der Waals surface area contributed by atoms with Gasteiger partial charge in [0.15, 0.2) is 0 Å². The lowest BCUT2D eigenvalue weighted by atomic mass is 9.86. The van der Waals surface area contributed by atoms with Crippen LogP contribution >= 0.6 is 0 Å². The fourth-order valence-electron chi connectivity index (χ4n) is 2.08. The molecular weight excluding hydrogens is 328 g/mol. The molecule has 0 radical (unpaired) electrons. The molecule has 2 atom stereocenters. The smallest absolute Gasteiger partial charge is 0.408 e. The van der Waals surface area contributed by atoms with E-state index in [1.807, 2.05) is 13.8 Å². The lowest BCUT2D eigenvalue weighted by Gasteiger charge is -2.32. The molecule has 0 aliphatic carbocycles. The van der Waals surface area contributed by atoms with E-state index in [0.717, 1.165) is 0 Å². The predicted octanol–water partition coefficient (Wildman–Crippen LogP) is 3.30. The van der Waals surface area contributed by atoms with Crippen LogP contribution in [0.2, 0.25) is 0 Å². The molecular formula is C17H32N2O6. The highest BCUT2D eigenvalue weighted by Crippen LogP contribution is 2.25. The minimum atomic E-state index is -2.13. The fraction of sp³-hybridized carbons (Fsp3) is 0.882. The molecule has 0 fully saturated rings. The van der Waals surface area contributed by atoms with Gasteiger partial charge >= 0.3 is 17.6 Å². The van der Waals surface area contributed by atoms with Crippen LogP contribution < -0.4 is 5.32 Å². The van der Waals surface area contributed by atoms with Crippen LogP contribution in [0.3, 0.4) is 0 Å². The second-order valence-electron chi connectivity index (χ2n) is 8.73. The second kappa shape index (κ2) is 8.01. The maximum atomic E-state index is 12.6. The number of rotatable bonds is 6. The van der Waals surface area contributed by atoms with E-state index in [-0.39, 0.29) is 12.3 Å². The molecule has 0 aliphatic heterocycles.